The summed E-state index contributed by atoms with van der Waals surface area (Å²) in [5.74, 6) is 0.919. The predicted octanol–water partition coefficient (Wildman–Crippen LogP) is 5.79. The molecule has 0 fully saturated rings. The lowest BCUT2D eigenvalue weighted by atomic mass is 10.0. The van der Waals surface area contributed by atoms with Gasteiger partial charge < -0.3 is 14.9 Å². The van der Waals surface area contributed by atoms with E-state index in [1.54, 1.807) is 42.1 Å². The van der Waals surface area contributed by atoms with E-state index < -0.39 is 32.4 Å². The molecule has 0 bridgehead atoms. The molecule has 3 rings (SSSR count). The van der Waals surface area contributed by atoms with Gasteiger partial charge in [-0.1, -0.05) is 54.6 Å². The maximum atomic E-state index is 12.2. The van der Waals surface area contributed by atoms with Gasteiger partial charge in [0.05, 0.1) is 6.16 Å². The number of hydrogen-bond acceptors (Lipinski definition) is 6. The van der Waals surface area contributed by atoms with Crippen LogP contribution in [0, 0.1) is 0 Å². The van der Waals surface area contributed by atoms with Gasteiger partial charge in [-0.2, -0.15) is 11.8 Å². The molecule has 3 aromatic rings. The summed E-state index contributed by atoms with van der Waals surface area (Å²) in [4.78, 5) is 18.7. The highest BCUT2D eigenvalue weighted by Gasteiger charge is 2.28. The zero-order chi connectivity index (χ0) is 24.1. The van der Waals surface area contributed by atoms with Crippen LogP contribution < -0.4 is 5.30 Å². The first-order chi connectivity index (χ1) is 15.6. The molecule has 7 nitrogen and oxygen atoms in total. The smallest absolute Gasteiger partial charge is 0.399 e. The summed E-state index contributed by atoms with van der Waals surface area (Å²) in [6, 6.07) is 18.3. The number of phenols is 1. The molecule has 12 heteroatoms. The van der Waals surface area contributed by atoms with Crippen molar-refractivity contribution < 1.29 is 42.5 Å². The van der Waals surface area contributed by atoms with Crippen LogP contribution in [0.25, 0.3) is 11.1 Å². The van der Waals surface area contributed by atoms with Gasteiger partial charge in [-0.3, -0.25) is 9.13 Å². The van der Waals surface area contributed by atoms with Gasteiger partial charge >= 0.3 is 15.2 Å². The van der Waals surface area contributed by atoms with E-state index in [1.807, 2.05) is 24.3 Å². The Labute approximate surface area is 192 Å². The van der Waals surface area contributed by atoms with Gasteiger partial charge in [0.1, 0.15) is 11.1 Å². The third-order valence-corrected chi connectivity index (χ3v) is 7.96. The Hall–Kier alpha value is -2.03. The monoisotopic (exact) mass is 516 g/mol. The molecule has 0 radical (unpaired) electrons. The molecule has 0 aromatic heterocycles. The maximum Gasteiger partial charge on any atom is 0.399 e. The van der Waals surface area contributed by atoms with Gasteiger partial charge in [0, 0.05) is 11.5 Å². The molecule has 33 heavy (non-hydrogen) atoms. The summed E-state index contributed by atoms with van der Waals surface area (Å²) in [6.45, 7) is 0. The Morgan fingerprint density at radius 1 is 0.758 bits per heavy atom. The van der Waals surface area contributed by atoms with Gasteiger partial charge in [-0.25, -0.2) is 0 Å². The minimum atomic E-state index is -4.59. The Morgan fingerprint density at radius 3 is 1.76 bits per heavy atom. The summed E-state index contributed by atoms with van der Waals surface area (Å²) < 4.78 is 53.5. The fraction of sp³-hybridized carbons (Fsp3) is 0.143. The Kier molecular flexibility index (Phi) is 8.48. The van der Waals surface area contributed by atoms with E-state index in [2.05, 4.69) is 9.46 Å². The first-order valence-corrected chi connectivity index (χ1v) is 14.0. The fourth-order valence-electron chi connectivity index (χ4n) is 3.04. The van der Waals surface area contributed by atoms with Crippen LogP contribution >= 0.6 is 27.0 Å². The lowest BCUT2D eigenvalue weighted by molar-refractivity contribution is -0.0881. The Bertz CT molecular complexity index is 1180. The molecule has 0 saturated carbocycles. The molecule has 0 aliphatic rings. The van der Waals surface area contributed by atoms with Crippen LogP contribution in [0.2, 0.25) is 0 Å². The van der Waals surface area contributed by atoms with Crippen molar-refractivity contribution in [1.82, 2.24) is 0 Å². The zero-order valence-electron chi connectivity index (χ0n) is 17.0. The lowest BCUT2D eigenvalue weighted by Crippen LogP contribution is -2.04. The van der Waals surface area contributed by atoms with Crippen molar-refractivity contribution in [2.45, 2.75) is 17.7 Å². The molecule has 3 aromatic carbocycles. The second-order valence-corrected chi connectivity index (χ2v) is 11.5. The van der Waals surface area contributed by atoms with Gasteiger partial charge in [0.15, 0.2) is 0 Å². The van der Waals surface area contributed by atoms with Crippen molar-refractivity contribution in [2.24, 2.45) is 0 Å². The van der Waals surface area contributed by atoms with Crippen molar-refractivity contribution in [1.29, 1.82) is 0 Å². The molecule has 0 unspecified atom stereocenters. The van der Waals surface area contributed by atoms with Crippen LogP contribution in [-0.4, -0.2) is 14.9 Å². The number of hydrogen-bond donors (Lipinski definition) is 3. The molecule has 176 valence electrons. The van der Waals surface area contributed by atoms with Crippen LogP contribution in [0.15, 0.2) is 66.7 Å². The second kappa shape index (κ2) is 10.9. The van der Waals surface area contributed by atoms with Crippen molar-refractivity contribution in [2.75, 3.05) is 0 Å². The van der Waals surface area contributed by atoms with E-state index in [1.165, 1.54) is 12.1 Å². The molecule has 0 saturated heterocycles. The fourth-order valence-corrected chi connectivity index (χ4v) is 5.46. The first kappa shape index (κ1) is 25.6. The van der Waals surface area contributed by atoms with Crippen molar-refractivity contribution in [3.05, 3.63) is 83.4 Å². The van der Waals surface area contributed by atoms with Crippen LogP contribution in [0.3, 0.4) is 0 Å². The van der Waals surface area contributed by atoms with Crippen LogP contribution in [0.1, 0.15) is 16.7 Å². The third kappa shape index (κ3) is 6.98. The summed E-state index contributed by atoms with van der Waals surface area (Å²) in [5, 5.41) is 9.28. The van der Waals surface area contributed by atoms with E-state index in [9.17, 15) is 33.1 Å². The standard InChI is InChI=1S/C21H20F2O7P2S/c22-29-31(25,30-23)12-15-1-3-16(4-2-15)13-33-14-17-5-7-18(8-6-17)19-9-10-20(24)21(11-19)32(26,27)28/h1-11,24H,12-14H2,(H2,26,27,28). The van der Waals surface area contributed by atoms with E-state index >= 15 is 0 Å². The largest absolute Gasteiger partial charge is 0.507 e. The third-order valence-electron chi connectivity index (χ3n) is 4.72. The molecule has 0 amide bonds. The van der Waals surface area contributed by atoms with Gasteiger partial charge in [0.25, 0.3) is 0 Å². The van der Waals surface area contributed by atoms with E-state index in [-0.39, 0.29) is 0 Å². The summed E-state index contributed by atoms with van der Waals surface area (Å²) in [7, 11) is -9.00. The van der Waals surface area contributed by atoms with Crippen LogP contribution in [0.5, 0.6) is 5.75 Å². The molecule has 0 aliphatic heterocycles. The summed E-state index contributed by atoms with van der Waals surface area (Å²) >= 11 is 1.64. The van der Waals surface area contributed by atoms with Gasteiger partial charge in [-0.15, -0.1) is 9.46 Å². The molecule has 0 atom stereocenters. The number of rotatable bonds is 10. The number of thioether (sulfide) groups is 1. The topological polar surface area (TPSA) is 113 Å². The van der Waals surface area contributed by atoms with E-state index in [0.29, 0.717) is 22.6 Å². The first-order valence-electron chi connectivity index (χ1n) is 9.47. The van der Waals surface area contributed by atoms with Crippen LogP contribution in [0.4, 0.5) is 9.05 Å². The summed E-state index contributed by atoms with van der Waals surface area (Å²) in [6.07, 6.45) is -0.517. The molecular weight excluding hydrogens is 496 g/mol. The highest BCUT2D eigenvalue weighted by atomic mass is 32.2. The quantitative estimate of drug-likeness (QED) is 0.290. The maximum absolute atomic E-state index is 12.2. The van der Waals surface area contributed by atoms with Gasteiger partial charge in [-0.05, 0) is 49.0 Å². The second-order valence-electron chi connectivity index (χ2n) is 7.16. The molecule has 0 heterocycles. The molecule has 3 N–H and O–H groups in total. The highest BCUT2D eigenvalue weighted by Crippen LogP contribution is 2.52. The minimum Gasteiger partial charge on any atom is -0.507 e. The normalized spacial score (nSPS) is 12.1. The van der Waals surface area contributed by atoms with E-state index in [4.69, 9.17) is 0 Å². The number of halogens is 2. The Morgan fingerprint density at radius 2 is 1.24 bits per heavy atom. The number of phenolic OH excluding ortho intramolecular Hbond substituents is 1. The summed E-state index contributed by atoms with van der Waals surface area (Å²) in [5.41, 5.74) is 3.74. The number of aromatic hydroxyl groups is 1. The predicted molar refractivity (Wildman–Crippen MR) is 122 cm³/mol. The van der Waals surface area contributed by atoms with Crippen molar-refractivity contribution in [3.63, 3.8) is 0 Å². The zero-order valence-corrected chi connectivity index (χ0v) is 19.6. The average molecular weight is 516 g/mol. The van der Waals surface area contributed by atoms with Crippen molar-refractivity contribution >= 4 is 32.3 Å². The lowest BCUT2D eigenvalue weighted by Gasteiger charge is -2.10. The van der Waals surface area contributed by atoms with Gasteiger partial charge in [0.2, 0.25) is 0 Å². The minimum absolute atomic E-state index is 0.411. The number of benzene rings is 3. The molecule has 0 aliphatic carbocycles. The Balaban J connectivity index is 1.57. The SMILES string of the molecule is O=P(Cc1ccc(CSCc2ccc(-c3ccc(O)c(P(=O)(O)O)c3)cc2)cc1)(OF)OF. The van der Waals surface area contributed by atoms with E-state index in [0.717, 1.165) is 16.7 Å². The average Bonchev–Trinajstić information content (AvgIpc) is 2.80. The highest BCUT2D eigenvalue weighted by molar-refractivity contribution is 7.97. The molecule has 0 spiro atoms. The van der Waals surface area contributed by atoms with Crippen LogP contribution in [-0.2, 0) is 36.3 Å². The van der Waals surface area contributed by atoms with Crippen molar-refractivity contribution in [3.8, 4) is 16.9 Å². The molecular formula is C21H20F2O7P2S.